The van der Waals surface area contributed by atoms with E-state index in [4.69, 9.17) is 14.7 Å². The third kappa shape index (κ3) is 4.17. The summed E-state index contributed by atoms with van der Waals surface area (Å²) in [4.78, 5) is 16.4. The number of fused-ring (bicyclic) bond motifs is 1. The van der Waals surface area contributed by atoms with E-state index in [0.717, 1.165) is 30.0 Å². The number of benzene rings is 2. The Morgan fingerprint density at radius 1 is 1.00 bits per heavy atom. The van der Waals surface area contributed by atoms with Gasteiger partial charge in [0.05, 0.1) is 19.4 Å². The van der Waals surface area contributed by atoms with Crippen LogP contribution >= 0.6 is 0 Å². The molecule has 1 N–H and O–H groups in total. The van der Waals surface area contributed by atoms with E-state index in [-0.39, 0.29) is 0 Å². The highest BCUT2D eigenvalue weighted by atomic mass is 16.5. The van der Waals surface area contributed by atoms with Crippen LogP contribution in [0.15, 0.2) is 60.0 Å². The largest absolute Gasteiger partial charge is 0.378 e. The number of nitrogens with one attached hydrogen (secondary N) is 1. The van der Waals surface area contributed by atoms with Crippen molar-refractivity contribution in [1.82, 2.24) is 19.5 Å². The molecule has 1 aliphatic rings. The summed E-state index contributed by atoms with van der Waals surface area (Å²) >= 11 is 0. The standard InChI is InChI=1S/C24H25N7O/c1-17-5-3-7-19(13-17)15-26-29-22-21-23(28-24(27-22)30-9-11-32-12-10-30)31(16-25-21)20-8-4-6-18(2)14-20/h3-8,13-16H,9-12H2,1-2H3,(H,27,28,29). The van der Waals surface area contributed by atoms with Crippen LogP contribution in [0.4, 0.5) is 11.8 Å². The van der Waals surface area contributed by atoms with E-state index < -0.39 is 0 Å². The molecule has 4 aromatic rings. The van der Waals surface area contributed by atoms with Crippen LogP contribution < -0.4 is 10.3 Å². The highest BCUT2D eigenvalue weighted by Gasteiger charge is 2.19. The SMILES string of the molecule is Cc1cccc(C=NNc2nc(N3CCOCC3)nc3c2ncn3-c2cccc(C)c2)c1. The van der Waals surface area contributed by atoms with Gasteiger partial charge in [-0.3, -0.25) is 9.99 Å². The number of nitrogens with zero attached hydrogens (tertiary/aromatic N) is 6. The lowest BCUT2D eigenvalue weighted by Gasteiger charge is -2.27. The van der Waals surface area contributed by atoms with Crippen LogP contribution in [0.1, 0.15) is 16.7 Å². The topological polar surface area (TPSA) is 80.5 Å². The number of imidazole rings is 1. The molecule has 5 rings (SSSR count). The van der Waals surface area contributed by atoms with E-state index in [2.05, 4.69) is 58.5 Å². The number of rotatable bonds is 5. The van der Waals surface area contributed by atoms with Crippen molar-refractivity contribution in [3.05, 3.63) is 71.5 Å². The number of ether oxygens (including phenoxy) is 1. The number of hydrazone groups is 1. The van der Waals surface area contributed by atoms with Crippen molar-refractivity contribution in [2.24, 2.45) is 5.10 Å². The minimum Gasteiger partial charge on any atom is -0.378 e. The van der Waals surface area contributed by atoms with Crippen molar-refractivity contribution in [3.8, 4) is 5.69 Å². The zero-order chi connectivity index (χ0) is 21.9. The summed E-state index contributed by atoms with van der Waals surface area (Å²) in [5.41, 5.74) is 8.89. The molecule has 1 saturated heterocycles. The molecule has 162 valence electrons. The molecule has 8 heteroatoms. The monoisotopic (exact) mass is 427 g/mol. The van der Waals surface area contributed by atoms with Gasteiger partial charge in [-0.2, -0.15) is 15.1 Å². The number of anilines is 2. The van der Waals surface area contributed by atoms with E-state index in [1.54, 1.807) is 12.5 Å². The van der Waals surface area contributed by atoms with Gasteiger partial charge >= 0.3 is 0 Å². The van der Waals surface area contributed by atoms with Gasteiger partial charge in [0, 0.05) is 18.8 Å². The maximum Gasteiger partial charge on any atom is 0.229 e. The molecule has 0 radical (unpaired) electrons. The fraction of sp³-hybridized carbons (Fsp3) is 0.250. The second kappa shape index (κ2) is 8.76. The molecule has 2 aromatic heterocycles. The maximum atomic E-state index is 5.50. The molecular formula is C24H25N7O. The molecule has 0 spiro atoms. The van der Waals surface area contributed by atoms with Gasteiger partial charge < -0.3 is 9.64 Å². The summed E-state index contributed by atoms with van der Waals surface area (Å²) in [6.45, 7) is 6.95. The van der Waals surface area contributed by atoms with Gasteiger partial charge in [-0.1, -0.05) is 42.0 Å². The quantitative estimate of drug-likeness (QED) is 0.386. The van der Waals surface area contributed by atoms with Crippen molar-refractivity contribution in [3.63, 3.8) is 0 Å². The van der Waals surface area contributed by atoms with Crippen LogP contribution in [0.3, 0.4) is 0 Å². The minimum absolute atomic E-state index is 0.576. The summed E-state index contributed by atoms with van der Waals surface area (Å²) in [7, 11) is 0. The van der Waals surface area contributed by atoms with E-state index in [9.17, 15) is 0 Å². The summed E-state index contributed by atoms with van der Waals surface area (Å²) in [5, 5.41) is 4.43. The molecule has 0 amide bonds. The Kier molecular flexibility index (Phi) is 5.51. The Balaban J connectivity index is 1.55. The number of hydrogen-bond acceptors (Lipinski definition) is 7. The van der Waals surface area contributed by atoms with Gasteiger partial charge in [-0.25, -0.2) is 4.98 Å². The van der Waals surface area contributed by atoms with Gasteiger partial charge in [-0.05, 0) is 37.1 Å². The van der Waals surface area contributed by atoms with Gasteiger partial charge in [0.1, 0.15) is 6.33 Å². The van der Waals surface area contributed by atoms with Crippen molar-refractivity contribution in [2.75, 3.05) is 36.6 Å². The summed E-state index contributed by atoms with van der Waals surface area (Å²) in [5.74, 6) is 1.22. The zero-order valence-electron chi connectivity index (χ0n) is 18.2. The van der Waals surface area contributed by atoms with Crippen molar-refractivity contribution < 1.29 is 4.74 Å². The molecular weight excluding hydrogens is 402 g/mol. The lowest BCUT2D eigenvalue weighted by atomic mass is 10.2. The lowest BCUT2D eigenvalue weighted by Crippen LogP contribution is -2.37. The highest BCUT2D eigenvalue weighted by Crippen LogP contribution is 2.25. The molecule has 1 aliphatic heterocycles. The van der Waals surface area contributed by atoms with Crippen LogP contribution in [-0.2, 0) is 4.74 Å². The average Bonchev–Trinajstić information content (AvgIpc) is 3.24. The van der Waals surface area contributed by atoms with Crippen molar-refractivity contribution in [1.29, 1.82) is 0 Å². The lowest BCUT2D eigenvalue weighted by molar-refractivity contribution is 0.122. The Labute approximate surface area is 186 Å². The molecule has 32 heavy (non-hydrogen) atoms. The highest BCUT2D eigenvalue weighted by molar-refractivity contribution is 5.87. The second-order valence-electron chi connectivity index (χ2n) is 7.88. The number of aromatic nitrogens is 4. The summed E-state index contributed by atoms with van der Waals surface area (Å²) < 4.78 is 7.49. The van der Waals surface area contributed by atoms with Crippen LogP contribution in [0.2, 0.25) is 0 Å². The number of hydrogen-bond donors (Lipinski definition) is 1. The minimum atomic E-state index is 0.576. The smallest absolute Gasteiger partial charge is 0.229 e. The van der Waals surface area contributed by atoms with E-state index in [1.165, 1.54) is 11.1 Å². The van der Waals surface area contributed by atoms with Gasteiger partial charge in [0.2, 0.25) is 5.95 Å². The Morgan fingerprint density at radius 3 is 2.56 bits per heavy atom. The maximum absolute atomic E-state index is 5.50. The van der Waals surface area contributed by atoms with Crippen LogP contribution in [0.25, 0.3) is 16.9 Å². The molecule has 8 nitrogen and oxygen atoms in total. The predicted octanol–water partition coefficient (Wildman–Crippen LogP) is 3.71. The first-order valence-corrected chi connectivity index (χ1v) is 10.7. The van der Waals surface area contributed by atoms with Crippen molar-refractivity contribution >= 4 is 29.1 Å². The number of aryl methyl sites for hydroxylation is 2. The molecule has 0 atom stereocenters. The van der Waals surface area contributed by atoms with Gasteiger partial charge in [-0.15, -0.1) is 0 Å². The van der Waals surface area contributed by atoms with Crippen LogP contribution in [-0.4, -0.2) is 52.0 Å². The molecule has 0 saturated carbocycles. The second-order valence-corrected chi connectivity index (χ2v) is 7.88. The molecule has 3 heterocycles. The van der Waals surface area contributed by atoms with E-state index >= 15 is 0 Å². The number of morpholine rings is 1. The zero-order valence-corrected chi connectivity index (χ0v) is 18.2. The summed E-state index contributed by atoms with van der Waals surface area (Å²) in [6.07, 6.45) is 3.57. The molecule has 0 unspecified atom stereocenters. The average molecular weight is 428 g/mol. The first-order chi connectivity index (χ1) is 15.7. The van der Waals surface area contributed by atoms with Crippen LogP contribution in [0, 0.1) is 13.8 Å². The fourth-order valence-corrected chi connectivity index (χ4v) is 3.76. The first kappa shape index (κ1) is 20.1. The molecule has 2 aromatic carbocycles. The molecule has 1 fully saturated rings. The third-order valence-electron chi connectivity index (χ3n) is 5.38. The normalized spacial score (nSPS) is 14.4. The fourth-order valence-electron chi connectivity index (χ4n) is 3.76. The first-order valence-electron chi connectivity index (χ1n) is 10.7. The van der Waals surface area contributed by atoms with E-state index in [1.807, 2.05) is 28.8 Å². The molecule has 0 aliphatic carbocycles. The molecule has 0 bridgehead atoms. The van der Waals surface area contributed by atoms with Crippen molar-refractivity contribution in [2.45, 2.75) is 13.8 Å². The Morgan fingerprint density at radius 2 is 1.78 bits per heavy atom. The third-order valence-corrected chi connectivity index (χ3v) is 5.38. The predicted molar refractivity (Wildman–Crippen MR) is 127 cm³/mol. The van der Waals surface area contributed by atoms with Gasteiger partial charge in [0.25, 0.3) is 0 Å². The Bertz CT molecular complexity index is 1270. The van der Waals surface area contributed by atoms with Gasteiger partial charge in [0.15, 0.2) is 17.0 Å². The van der Waals surface area contributed by atoms with E-state index in [0.29, 0.717) is 30.5 Å². The van der Waals surface area contributed by atoms with Crippen LogP contribution in [0.5, 0.6) is 0 Å². The summed E-state index contributed by atoms with van der Waals surface area (Å²) in [6, 6.07) is 16.4. The Hall–Kier alpha value is -3.78.